The van der Waals surface area contributed by atoms with Crippen molar-refractivity contribution in [3.63, 3.8) is 0 Å². The summed E-state index contributed by atoms with van der Waals surface area (Å²) < 4.78 is 7.47. The molecule has 3 heteroatoms. The van der Waals surface area contributed by atoms with Crippen molar-refractivity contribution in [1.29, 1.82) is 0 Å². The van der Waals surface area contributed by atoms with Gasteiger partial charge >= 0.3 is 0 Å². The van der Waals surface area contributed by atoms with Crippen LogP contribution in [0.5, 0.6) is 0 Å². The predicted molar refractivity (Wildman–Crippen MR) is 66.2 cm³/mol. The number of hydrogen-bond acceptors (Lipinski definition) is 2. The molecule has 2 heterocycles. The highest BCUT2D eigenvalue weighted by molar-refractivity contribution is 6.10. The Balaban J connectivity index is 2.08. The molecule has 0 spiro atoms. The molecule has 0 aliphatic carbocycles. The van der Waals surface area contributed by atoms with Crippen molar-refractivity contribution >= 4 is 16.7 Å². The Morgan fingerprint density at radius 1 is 1.41 bits per heavy atom. The molecule has 1 fully saturated rings. The quantitative estimate of drug-likeness (QED) is 0.741. The third-order valence-corrected chi connectivity index (χ3v) is 3.38. The van der Waals surface area contributed by atoms with Crippen molar-refractivity contribution in [2.24, 2.45) is 7.05 Å². The Morgan fingerprint density at radius 3 is 3.00 bits per heavy atom. The molecule has 1 aromatic carbocycles. The molecule has 2 aromatic rings. The first kappa shape index (κ1) is 10.5. The lowest BCUT2D eigenvalue weighted by molar-refractivity contribution is 0.0644. The van der Waals surface area contributed by atoms with Crippen molar-refractivity contribution in [2.75, 3.05) is 6.61 Å². The molecule has 0 saturated carbocycles. The third kappa shape index (κ3) is 1.67. The second-order valence-corrected chi connectivity index (χ2v) is 4.54. The van der Waals surface area contributed by atoms with E-state index in [1.54, 1.807) is 0 Å². The topological polar surface area (TPSA) is 31.2 Å². The number of rotatable bonds is 2. The van der Waals surface area contributed by atoms with Gasteiger partial charge in [-0.15, -0.1) is 0 Å². The van der Waals surface area contributed by atoms with E-state index in [9.17, 15) is 4.79 Å². The second kappa shape index (κ2) is 4.00. The lowest BCUT2D eigenvalue weighted by atomic mass is 10.0. The number of fused-ring (bicyclic) bond motifs is 1. The maximum Gasteiger partial charge on any atom is 0.193 e. The minimum Gasteiger partial charge on any atom is -0.370 e. The van der Waals surface area contributed by atoms with Crippen LogP contribution in [0.3, 0.4) is 0 Å². The van der Waals surface area contributed by atoms with Gasteiger partial charge in [0, 0.05) is 36.3 Å². The van der Waals surface area contributed by atoms with Crippen LogP contribution in [-0.4, -0.2) is 23.1 Å². The maximum atomic E-state index is 12.3. The molecule has 1 unspecified atom stereocenters. The van der Waals surface area contributed by atoms with E-state index in [-0.39, 0.29) is 11.9 Å². The number of aryl methyl sites for hydroxylation is 1. The smallest absolute Gasteiger partial charge is 0.193 e. The molecule has 17 heavy (non-hydrogen) atoms. The number of aromatic nitrogens is 1. The van der Waals surface area contributed by atoms with Crippen LogP contribution in [0.1, 0.15) is 23.2 Å². The molecule has 0 amide bonds. The predicted octanol–water partition coefficient (Wildman–Crippen LogP) is 2.54. The Bertz CT molecular complexity index is 565. The number of nitrogens with zero attached hydrogens (tertiary/aromatic N) is 1. The van der Waals surface area contributed by atoms with Crippen molar-refractivity contribution in [2.45, 2.75) is 18.9 Å². The summed E-state index contributed by atoms with van der Waals surface area (Å²) in [6, 6.07) is 7.98. The fourth-order valence-electron chi connectivity index (χ4n) is 2.50. The molecular weight excluding hydrogens is 214 g/mol. The number of carbonyl (C=O) groups excluding carboxylic acids is 1. The average molecular weight is 229 g/mol. The van der Waals surface area contributed by atoms with E-state index in [1.165, 1.54) is 0 Å². The lowest BCUT2D eigenvalue weighted by Crippen LogP contribution is -2.19. The first-order valence-electron chi connectivity index (χ1n) is 5.97. The highest BCUT2D eigenvalue weighted by Gasteiger charge is 2.26. The largest absolute Gasteiger partial charge is 0.370 e. The molecule has 88 valence electrons. The van der Waals surface area contributed by atoms with E-state index in [2.05, 4.69) is 0 Å². The number of ether oxygens (including phenoxy) is 1. The Kier molecular flexibility index (Phi) is 2.48. The average Bonchev–Trinajstić information content (AvgIpc) is 2.97. The minimum atomic E-state index is -0.235. The van der Waals surface area contributed by atoms with Crippen molar-refractivity contribution in [1.82, 2.24) is 4.57 Å². The molecule has 1 aromatic heterocycles. The van der Waals surface area contributed by atoms with E-state index < -0.39 is 0 Å². The van der Waals surface area contributed by atoms with Crippen LogP contribution in [0, 0.1) is 0 Å². The fourth-order valence-corrected chi connectivity index (χ4v) is 2.50. The first-order chi connectivity index (χ1) is 8.27. The standard InChI is InChI=1S/C14H15NO2/c1-15-9-11(10-5-2-3-6-12(10)15)14(16)13-7-4-8-17-13/h2-3,5-6,9,13H,4,7-8H2,1H3. The van der Waals surface area contributed by atoms with Gasteiger partial charge in [0.15, 0.2) is 5.78 Å². The van der Waals surface area contributed by atoms with Crippen molar-refractivity contribution in [3.05, 3.63) is 36.0 Å². The number of hydrogen-bond donors (Lipinski definition) is 0. The highest BCUT2D eigenvalue weighted by atomic mass is 16.5. The van der Waals surface area contributed by atoms with Crippen LogP contribution in [0.4, 0.5) is 0 Å². The van der Waals surface area contributed by atoms with Gasteiger partial charge in [0.2, 0.25) is 0 Å². The van der Waals surface area contributed by atoms with Gasteiger partial charge in [0.1, 0.15) is 6.10 Å². The van der Waals surface area contributed by atoms with E-state index in [4.69, 9.17) is 4.74 Å². The maximum absolute atomic E-state index is 12.3. The summed E-state index contributed by atoms with van der Waals surface area (Å²) in [6.45, 7) is 0.709. The molecule has 3 nitrogen and oxygen atoms in total. The highest BCUT2D eigenvalue weighted by Crippen LogP contribution is 2.25. The molecule has 1 aliphatic rings. The normalized spacial score (nSPS) is 19.9. The van der Waals surface area contributed by atoms with Crippen LogP contribution < -0.4 is 0 Å². The summed E-state index contributed by atoms with van der Waals surface area (Å²) in [5.41, 5.74) is 1.88. The molecule has 3 rings (SSSR count). The zero-order valence-corrected chi connectivity index (χ0v) is 9.85. The van der Waals surface area contributed by atoms with Gasteiger partial charge in [-0.2, -0.15) is 0 Å². The molecular formula is C14H15NO2. The number of para-hydroxylation sites is 1. The van der Waals surface area contributed by atoms with E-state index in [1.807, 2.05) is 42.1 Å². The summed E-state index contributed by atoms with van der Waals surface area (Å²) in [7, 11) is 1.97. The fraction of sp³-hybridized carbons (Fsp3) is 0.357. The van der Waals surface area contributed by atoms with E-state index >= 15 is 0 Å². The number of Topliss-reactive ketones (excluding diaryl/α,β-unsaturated/α-hetero) is 1. The summed E-state index contributed by atoms with van der Waals surface area (Å²) in [5.74, 6) is 0.124. The number of ketones is 1. The van der Waals surface area contributed by atoms with Crippen LogP contribution in [0.15, 0.2) is 30.5 Å². The van der Waals surface area contributed by atoms with Gasteiger partial charge < -0.3 is 9.30 Å². The third-order valence-electron chi connectivity index (χ3n) is 3.38. The molecule has 0 radical (unpaired) electrons. The molecule has 0 bridgehead atoms. The Hall–Kier alpha value is -1.61. The number of carbonyl (C=O) groups is 1. The van der Waals surface area contributed by atoms with Gasteiger partial charge in [-0.1, -0.05) is 18.2 Å². The zero-order chi connectivity index (χ0) is 11.8. The molecule has 1 atom stereocenters. The Morgan fingerprint density at radius 2 is 2.24 bits per heavy atom. The lowest BCUT2D eigenvalue weighted by Gasteiger charge is -2.06. The van der Waals surface area contributed by atoms with Crippen LogP contribution in [0.2, 0.25) is 0 Å². The first-order valence-corrected chi connectivity index (χ1v) is 5.97. The van der Waals surface area contributed by atoms with Gasteiger partial charge in [-0.25, -0.2) is 0 Å². The van der Waals surface area contributed by atoms with Crippen LogP contribution >= 0.6 is 0 Å². The van der Waals surface area contributed by atoms with Crippen LogP contribution in [-0.2, 0) is 11.8 Å². The van der Waals surface area contributed by atoms with E-state index in [0.29, 0.717) is 6.61 Å². The van der Waals surface area contributed by atoms with Gasteiger partial charge in [0.25, 0.3) is 0 Å². The summed E-state index contributed by atoms with van der Waals surface area (Å²) >= 11 is 0. The minimum absolute atomic E-state index is 0.124. The summed E-state index contributed by atoms with van der Waals surface area (Å²) in [4.78, 5) is 12.3. The van der Waals surface area contributed by atoms with Gasteiger partial charge in [-0.3, -0.25) is 4.79 Å². The number of benzene rings is 1. The van der Waals surface area contributed by atoms with E-state index in [0.717, 1.165) is 29.3 Å². The zero-order valence-electron chi connectivity index (χ0n) is 9.85. The monoisotopic (exact) mass is 229 g/mol. The molecule has 1 saturated heterocycles. The van der Waals surface area contributed by atoms with Gasteiger partial charge in [0.05, 0.1) is 0 Å². The second-order valence-electron chi connectivity index (χ2n) is 4.54. The summed E-state index contributed by atoms with van der Waals surface area (Å²) in [6.07, 6.45) is 3.51. The van der Waals surface area contributed by atoms with Gasteiger partial charge in [-0.05, 0) is 18.9 Å². The molecule has 0 N–H and O–H groups in total. The SMILES string of the molecule is Cn1cc(C(=O)C2CCCO2)c2ccccc21. The summed E-state index contributed by atoms with van der Waals surface area (Å²) in [5, 5.41) is 1.02. The van der Waals surface area contributed by atoms with Crippen molar-refractivity contribution in [3.8, 4) is 0 Å². The molecule has 1 aliphatic heterocycles. The van der Waals surface area contributed by atoms with Crippen molar-refractivity contribution < 1.29 is 9.53 Å². The van der Waals surface area contributed by atoms with Crippen LogP contribution in [0.25, 0.3) is 10.9 Å². The Labute approximate surface area is 100.0 Å².